The second-order valence-electron chi connectivity index (χ2n) is 4.16. The minimum Gasteiger partial charge on any atom is -0.380 e. The van der Waals surface area contributed by atoms with Gasteiger partial charge in [0, 0.05) is 30.9 Å². The lowest BCUT2D eigenvalue weighted by molar-refractivity contribution is -0.137. The standard InChI is InChI=1S/C13H10Br2F3NS/c1-7-11(15)5-9(20-7)6-19-12-3-2-8(14)4-10(12)13(16,17)18/h2-5,19H,6H2,1H3. The zero-order valence-electron chi connectivity index (χ0n) is 10.3. The van der Waals surface area contributed by atoms with Crippen LogP contribution in [-0.4, -0.2) is 0 Å². The molecule has 0 spiro atoms. The third-order valence-corrected chi connectivity index (χ3v) is 5.28. The Bertz CT molecular complexity index is 603. The number of halogens is 5. The van der Waals surface area contributed by atoms with E-state index < -0.39 is 11.7 Å². The molecule has 0 fully saturated rings. The normalized spacial score (nSPS) is 11.7. The Morgan fingerprint density at radius 3 is 2.45 bits per heavy atom. The van der Waals surface area contributed by atoms with Gasteiger partial charge in [-0.2, -0.15) is 13.2 Å². The Morgan fingerprint density at radius 1 is 1.20 bits per heavy atom. The number of alkyl halides is 3. The summed E-state index contributed by atoms with van der Waals surface area (Å²) < 4.78 is 40.3. The molecule has 0 aliphatic rings. The van der Waals surface area contributed by atoms with Gasteiger partial charge in [-0.3, -0.25) is 0 Å². The van der Waals surface area contributed by atoms with Crippen LogP contribution >= 0.6 is 43.2 Å². The second-order valence-corrected chi connectivity index (χ2v) is 7.27. The quantitative estimate of drug-likeness (QED) is 0.612. The van der Waals surface area contributed by atoms with Gasteiger partial charge in [0.1, 0.15) is 0 Å². The summed E-state index contributed by atoms with van der Waals surface area (Å²) in [5.74, 6) is 0. The fourth-order valence-electron chi connectivity index (χ4n) is 1.69. The molecule has 1 N–H and O–H groups in total. The molecule has 0 aliphatic carbocycles. The van der Waals surface area contributed by atoms with Gasteiger partial charge in [0.05, 0.1) is 5.56 Å². The average Bonchev–Trinajstić information content (AvgIpc) is 2.66. The smallest absolute Gasteiger partial charge is 0.380 e. The summed E-state index contributed by atoms with van der Waals surface area (Å²) in [5, 5.41) is 2.85. The van der Waals surface area contributed by atoms with E-state index >= 15 is 0 Å². The summed E-state index contributed by atoms with van der Waals surface area (Å²) in [5.41, 5.74) is -0.581. The number of rotatable bonds is 3. The van der Waals surface area contributed by atoms with Gasteiger partial charge in [0.2, 0.25) is 0 Å². The van der Waals surface area contributed by atoms with Crippen LogP contribution in [0, 0.1) is 6.92 Å². The van der Waals surface area contributed by atoms with Gasteiger partial charge < -0.3 is 5.32 Å². The minimum absolute atomic E-state index is 0.0860. The van der Waals surface area contributed by atoms with Gasteiger partial charge >= 0.3 is 6.18 Å². The van der Waals surface area contributed by atoms with Crippen LogP contribution in [0.15, 0.2) is 33.2 Å². The number of hydrogen-bond donors (Lipinski definition) is 1. The fourth-order valence-corrected chi connectivity index (χ4v) is 3.60. The number of nitrogens with one attached hydrogen (secondary N) is 1. The van der Waals surface area contributed by atoms with Crippen molar-refractivity contribution in [2.24, 2.45) is 0 Å². The molecule has 0 bridgehead atoms. The van der Waals surface area contributed by atoms with Gasteiger partial charge in [0.15, 0.2) is 0 Å². The predicted molar refractivity (Wildman–Crippen MR) is 83.2 cm³/mol. The van der Waals surface area contributed by atoms with Gasteiger partial charge in [-0.25, -0.2) is 0 Å². The first-order valence-electron chi connectivity index (χ1n) is 5.63. The Hall–Kier alpha value is -0.530. The molecule has 2 aromatic rings. The van der Waals surface area contributed by atoms with Crippen molar-refractivity contribution >= 4 is 48.9 Å². The summed E-state index contributed by atoms with van der Waals surface area (Å²) in [6.45, 7) is 2.32. The highest BCUT2D eigenvalue weighted by molar-refractivity contribution is 9.10. The fraction of sp³-hybridized carbons (Fsp3) is 0.231. The van der Waals surface area contributed by atoms with Crippen LogP contribution < -0.4 is 5.32 Å². The van der Waals surface area contributed by atoms with Gasteiger partial charge in [-0.05, 0) is 47.1 Å². The van der Waals surface area contributed by atoms with E-state index in [-0.39, 0.29) is 5.69 Å². The zero-order valence-corrected chi connectivity index (χ0v) is 14.3. The van der Waals surface area contributed by atoms with Crippen LogP contribution in [0.25, 0.3) is 0 Å². The molecule has 0 amide bonds. The van der Waals surface area contributed by atoms with Crippen LogP contribution in [-0.2, 0) is 12.7 Å². The monoisotopic (exact) mass is 427 g/mol. The Kier molecular flexibility index (Phi) is 4.81. The van der Waals surface area contributed by atoms with Crippen molar-refractivity contribution in [3.63, 3.8) is 0 Å². The zero-order chi connectivity index (χ0) is 14.9. The molecule has 0 saturated heterocycles. The molecule has 2 rings (SSSR count). The van der Waals surface area contributed by atoms with E-state index in [1.807, 2.05) is 13.0 Å². The van der Waals surface area contributed by atoms with Crippen LogP contribution in [0.3, 0.4) is 0 Å². The molecule has 0 saturated carbocycles. The van der Waals surface area contributed by atoms with Crippen molar-refractivity contribution in [3.05, 3.63) is 48.5 Å². The lowest BCUT2D eigenvalue weighted by atomic mass is 10.1. The summed E-state index contributed by atoms with van der Waals surface area (Å²) >= 11 is 8.01. The van der Waals surface area contributed by atoms with E-state index in [0.29, 0.717) is 11.0 Å². The number of anilines is 1. The van der Waals surface area contributed by atoms with E-state index in [1.54, 1.807) is 17.4 Å². The molecular weight excluding hydrogens is 419 g/mol. The first-order valence-corrected chi connectivity index (χ1v) is 8.03. The number of thiophene rings is 1. The molecule has 1 heterocycles. The number of benzene rings is 1. The highest BCUT2D eigenvalue weighted by Crippen LogP contribution is 2.37. The molecule has 1 aromatic carbocycles. The van der Waals surface area contributed by atoms with E-state index in [2.05, 4.69) is 37.2 Å². The Morgan fingerprint density at radius 2 is 1.90 bits per heavy atom. The molecule has 7 heteroatoms. The first kappa shape index (κ1) is 15.9. The SMILES string of the molecule is Cc1sc(CNc2ccc(Br)cc2C(F)(F)F)cc1Br. The van der Waals surface area contributed by atoms with Crippen molar-refractivity contribution < 1.29 is 13.2 Å². The van der Waals surface area contributed by atoms with Crippen LogP contribution in [0.1, 0.15) is 15.3 Å². The lowest BCUT2D eigenvalue weighted by Gasteiger charge is -2.14. The average molecular weight is 429 g/mol. The maximum atomic E-state index is 13.0. The van der Waals surface area contributed by atoms with Crippen molar-refractivity contribution in [3.8, 4) is 0 Å². The largest absolute Gasteiger partial charge is 0.418 e. The third-order valence-electron chi connectivity index (χ3n) is 2.65. The molecule has 108 valence electrons. The van der Waals surface area contributed by atoms with Gasteiger partial charge in [0.25, 0.3) is 0 Å². The minimum atomic E-state index is -4.38. The highest BCUT2D eigenvalue weighted by Gasteiger charge is 2.33. The molecular formula is C13H10Br2F3NS. The Labute approximate surface area is 135 Å². The molecule has 20 heavy (non-hydrogen) atoms. The Balaban J connectivity index is 2.21. The van der Waals surface area contributed by atoms with Crippen LogP contribution in [0.5, 0.6) is 0 Å². The summed E-state index contributed by atoms with van der Waals surface area (Å²) in [6.07, 6.45) is -4.38. The van der Waals surface area contributed by atoms with E-state index in [1.165, 1.54) is 6.07 Å². The molecule has 0 unspecified atom stereocenters. The highest BCUT2D eigenvalue weighted by atomic mass is 79.9. The first-order chi connectivity index (χ1) is 9.27. The third kappa shape index (κ3) is 3.77. The lowest BCUT2D eigenvalue weighted by Crippen LogP contribution is -2.10. The number of aryl methyl sites for hydroxylation is 1. The molecule has 0 radical (unpaired) electrons. The van der Waals surface area contributed by atoms with Crippen LogP contribution in [0.4, 0.5) is 18.9 Å². The summed E-state index contributed by atoms with van der Waals surface area (Å²) in [7, 11) is 0. The maximum Gasteiger partial charge on any atom is 0.418 e. The van der Waals surface area contributed by atoms with Gasteiger partial charge in [-0.15, -0.1) is 11.3 Å². The van der Waals surface area contributed by atoms with Crippen LogP contribution in [0.2, 0.25) is 0 Å². The van der Waals surface area contributed by atoms with Gasteiger partial charge in [-0.1, -0.05) is 15.9 Å². The van der Waals surface area contributed by atoms with Crippen molar-refractivity contribution in [2.45, 2.75) is 19.6 Å². The summed E-state index contributed by atoms with van der Waals surface area (Å²) in [4.78, 5) is 2.08. The molecule has 1 aromatic heterocycles. The van der Waals surface area contributed by atoms with Crippen molar-refractivity contribution in [1.82, 2.24) is 0 Å². The summed E-state index contributed by atoms with van der Waals surface area (Å²) in [6, 6.07) is 6.02. The number of hydrogen-bond acceptors (Lipinski definition) is 2. The molecule has 0 atom stereocenters. The van der Waals surface area contributed by atoms with E-state index in [4.69, 9.17) is 0 Å². The van der Waals surface area contributed by atoms with Crippen molar-refractivity contribution in [2.75, 3.05) is 5.32 Å². The van der Waals surface area contributed by atoms with Crippen molar-refractivity contribution in [1.29, 1.82) is 0 Å². The topological polar surface area (TPSA) is 12.0 Å². The molecule has 1 nitrogen and oxygen atoms in total. The van der Waals surface area contributed by atoms with E-state index in [0.717, 1.165) is 20.3 Å². The predicted octanol–water partition coefficient (Wildman–Crippen LogP) is 6.21. The second kappa shape index (κ2) is 6.07. The maximum absolute atomic E-state index is 13.0. The molecule has 0 aliphatic heterocycles. The van der Waals surface area contributed by atoms with E-state index in [9.17, 15) is 13.2 Å².